The molecule has 1 fully saturated rings. The van der Waals surface area contributed by atoms with E-state index >= 15 is 0 Å². The minimum atomic E-state index is -3.80. The van der Waals surface area contributed by atoms with Crippen molar-refractivity contribution < 1.29 is 17.3 Å². The Bertz CT molecular complexity index is 767. The van der Waals surface area contributed by atoms with Crippen molar-refractivity contribution in [2.45, 2.75) is 23.7 Å². The number of nitrogens with two attached hydrogens (primary N) is 1. The molecule has 3 rings (SSSR count). The Morgan fingerprint density at radius 2 is 1.95 bits per heavy atom. The van der Waals surface area contributed by atoms with Crippen LogP contribution in [-0.2, 0) is 10.0 Å². The van der Waals surface area contributed by atoms with Gasteiger partial charge in [0.2, 0.25) is 15.9 Å². The third-order valence-corrected chi connectivity index (χ3v) is 5.81. The van der Waals surface area contributed by atoms with Gasteiger partial charge in [0.05, 0.1) is 5.69 Å². The van der Waals surface area contributed by atoms with Crippen LogP contribution in [0.4, 0.5) is 10.3 Å². The predicted octanol–water partition coefficient (Wildman–Crippen LogP) is 1.96. The molecule has 0 atom stereocenters. The van der Waals surface area contributed by atoms with Gasteiger partial charge >= 0.3 is 0 Å². The van der Waals surface area contributed by atoms with Crippen molar-refractivity contribution >= 4 is 15.9 Å². The van der Waals surface area contributed by atoms with Crippen molar-refractivity contribution in [2.24, 2.45) is 0 Å². The molecule has 0 spiro atoms. The number of hydrogen-bond acceptors (Lipinski definition) is 5. The number of benzene rings is 1. The molecule has 0 radical (unpaired) electrons. The fraction of sp³-hybridized carbons (Fsp3) is 0.357. The van der Waals surface area contributed by atoms with Crippen LogP contribution in [0.5, 0.6) is 0 Å². The third kappa shape index (κ3) is 2.71. The molecular weight excluding hydrogens is 309 g/mol. The highest BCUT2D eigenvalue weighted by Gasteiger charge is 2.32. The smallest absolute Gasteiger partial charge is 0.245 e. The van der Waals surface area contributed by atoms with E-state index in [2.05, 4.69) is 5.16 Å². The number of nitrogens with zero attached hydrogens (tertiary/aromatic N) is 2. The Labute approximate surface area is 127 Å². The number of hydrogen-bond donors (Lipinski definition) is 1. The molecular formula is C14H16FN3O3S. The van der Waals surface area contributed by atoms with Crippen LogP contribution in [0, 0.1) is 5.82 Å². The van der Waals surface area contributed by atoms with Crippen LogP contribution in [0.3, 0.4) is 0 Å². The summed E-state index contributed by atoms with van der Waals surface area (Å²) in [5.41, 5.74) is 6.23. The maximum atomic E-state index is 13.7. The van der Waals surface area contributed by atoms with Gasteiger partial charge in [-0.15, -0.1) is 0 Å². The number of sulfonamides is 1. The monoisotopic (exact) mass is 325 g/mol. The van der Waals surface area contributed by atoms with E-state index in [1.165, 1.54) is 22.5 Å². The zero-order valence-corrected chi connectivity index (χ0v) is 12.6. The molecule has 8 heteroatoms. The van der Waals surface area contributed by atoms with Crippen molar-refractivity contribution in [3.8, 4) is 0 Å². The van der Waals surface area contributed by atoms with Crippen molar-refractivity contribution in [1.82, 2.24) is 9.46 Å². The van der Waals surface area contributed by atoms with Crippen molar-refractivity contribution in [3.63, 3.8) is 0 Å². The van der Waals surface area contributed by atoms with E-state index in [1.807, 2.05) is 0 Å². The van der Waals surface area contributed by atoms with Crippen LogP contribution in [0.2, 0.25) is 0 Å². The topological polar surface area (TPSA) is 89.4 Å². The number of nitrogen functional groups attached to an aromatic ring is 1. The van der Waals surface area contributed by atoms with E-state index in [1.54, 1.807) is 6.07 Å². The molecule has 22 heavy (non-hydrogen) atoms. The molecule has 118 valence electrons. The summed E-state index contributed by atoms with van der Waals surface area (Å²) < 4.78 is 44.9. The van der Waals surface area contributed by atoms with Crippen LogP contribution in [-0.4, -0.2) is 31.0 Å². The maximum absolute atomic E-state index is 13.7. The molecule has 0 amide bonds. The number of rotatable bonds is 3. The highest BCUT2D eigenvalue weighted by atomic mass is 32.2. The van der Waals surface area contributed by atoms with E-state index < -0.39 is 15.8 Å². The molecule has 1 aliphatic heterocycles. The number of anilines is 1. The summed E-state index contributed by atoms with van der Waals surface area (Å²) in [6.45, 7) is 0.627. The van der Waals surface area contributed by atoms with E-state index in [-0.39, 0.29) is 16.7 Å². The van der Waals surface area contributed by atoms with E-state index in [9.17, 15) is 12.8 Å². The minimum Gasteiger partial charge on any atom is -0.368 e. The summed E-state index contributed by atoms with van der Waals surface area (Å²) in [6.07, 6.45) is 1.19. The summed E-state index contributed by atoms with van der Waals surface area (Å²) in [6, 6.07) is 7.08. The van der Waals surface area contributed by atoms with Gasteiger partial charge in [0.1, 0.15) is 10.7 Å². The van der Waals surface area contributed by atoms with Crippen LogP contribution in [0.25, 0.3) is 0 Å². The average molecular weight is 325 g/mol. The zero-order chi connectivity index (χ0) is 15.7. The average Bonchev–Trinajstić information content (AvgIpc) is 2.94. The van der Waals surface area contributed by atoms with Gasteiger partial charge in [0.25, 0.3) is 0 Å². The molecule has 0 saturated carbocycles. The first-order chi connectivity index (χ1) is 10.5. The standard InChI is InChI=1S/C14H16FN3O3S/c15-11-3-1-2-4-13(11)22(19,20)18-7-5-10(6-8-18)12-9-14(16)21-17-12/h1-4,9-10H,5-8,16H2. The molecule has 2 N–H and O–H groups in total. The van der Waals surface area contributed by atoms with Crippen molar-refractivity contribution in [1.29, 1.82) is 0 Å². The number of halogens is 1. The second-order valence-corrected chi connectivity index (χ2v) is 7.17. The molecule has 2 heterocycles. The number of aromatic nitrogens is 1. The molecule has 1 aromatic carbocycles. The molecule has 1 aromatic heterocycles. The van der Waals surface area contributed by atoms with Gasteiger partial charge in [0, 0.05) is 25.1 Å². The van der Waals surface area contributed by atoms with Gasteiger partial charge in [-0.05, 0) is 25.0 Å². The first kappa shape index (κ1) is 15.0. The lowest BCUT2D eigenvalue weighted by molar-refractivity contribution is 0.308. The Morgan fingerprint density at radius 1 is 1.27 bits per heavy atom. The Hall–Kier alpha value is -1.93. The fourth-order valence-corrected chi connectivity index (χ4v) is 4.22. The second kappa shape index (κ2) is 5.69. The Balaban J connectivity index is 1.75. The first-order valence-corrected chi connectivity index (χ1v) is 8.39. The predicted molar refractivity (Wildman–Crippen MR) is 78.0 cm³/mol. The quantitative estimate of drug-likeness (QED) is 0.932. The van der Waals surface area contributed by atoms with Crippen LogP contribution >= 0.6 is 0 Å². The summed E-state index contributed by atoms with van der Waals surface area (Å²) in [5, 5.41) is 3.87. The van der Waals surface area contributed by atoms with Gasteiger partial charge in [-0.1, -0.05) is 17.3 Å². The van der Waals surface area contributed by atoms with Crippen LogP contribution in [0.15, 0.2) is 39.8 Å². The van der Waals surface area contributed by atoms with Gasteiger partial charge < -0.3 is 10.3 Å². The van der Waals surface area contributed by atoms with Gasteiger partial charge in [-0.2, -0.15) is 4.31 Å². The van der Waals surface area contributed by atoms with Crippen molar-refractivity contribution in [2.75, 3.05) is 18.8 Å². The molecule has 6 nitrogen and oxygen atoms in total. The Kier molecular flexibility index (Phi) is 3.88. The molecule has 0 unspecified atom stereocenters. The fourth-order valence-electron chi connectivity index (χ4n) is 2.68. The van der Waals surface area contributed by atoms with Gasteiger partial charge in [-0.25, -0.2) is 12.8 Å². The lowest BCUT2D eigenvalue weighted by Crippen LogP contribution is -2.38. The lowest BCUT2D eigenvalue weighted by Gasteiger charge is -2.30. The first-order valence-electron chi connectivity index (χ1n) is 6.95. The SMILES string of the molecule is Nc1cc(C2CCN(S(=O)(=O)c3ccccc3F)CC2)no1. The molecule has 2 aromatic rings. The zero-order valence-electron chi connectivity index (χ0n) is 11.8. The van der Waals surface area contributed by atoms with Crippen molar-refractivity contribution in [3.05, 3.63) is 41.8 Å². The normalized spacial score (nSPS) is 17.7. The highest BCUT2D eigenvalue weighted by Crippen LogP contribution is 2.31. The van der Waals surface area contributed by atoms with E-state index in [0.29, 0.717) is 25.9 Å². The summed E-state index contributed by atoms with van der Waals surface area (Å²) >= 11 is 0. The third-order valence-electron chi connectivity index (χ3n) is 3.87. The molecule has 1 aliphatic rings. The van der Waals surface area contributed by atoms with Gasteiger partial charge in [-0.3, -0.25) is 0 Å². The summed E-state index contributed by atoms with van der Waals surface area (Å²) in [7, 11) is -3.80. The minimum absolute atomic E-state index is 0.105. The lowest BCUT2D eigenvalue weighted by atomic mass is 9.95. The summed E-state index contributed by atoms with van der Waals surface area (Å²) in [4.78, 5) is -0.279. The van der Waals surface area contributed by atoms with Crippen LogP contribution in [0.1, 0.15) is 24.5 Å². The van der Waals surface area contributed by atoms with E-state index in [0.717, 1.165) is 11.8 Å². The largest absolute Gasteiger partial charge is 0.368 e. The molecule has 0 bridgehead atoms. The van der Waals surface area contributed by atoms with Gasteiger partial charge in [0.15, 0.2) is 0 Å². The molecule has 1 saturated heterocycles. The molecule has 0 aliphatic carbocycles. The van der Waals surface area contributed by atoms with E-state index in [4.69, 9.17) is 10.3 Å². The second-order valence-electron chi connectivity index (χ2n) is 5.26. The summed E-state index contributed by atoms with van der Waals surface area (Å²) in [5.74, 6) is -0.376. The van der Waals surface area contributed by atoms with Crippen LogP contribution < -0.4 is 5.73 Å². The Morgan fingerprint density at radius 3 is 2.55 bits per heavy atom. The maximum Gasteiger partial charge on any atom is 0.245 e. The highest BCUT2D eigenvalue weighted by molar-refractivity contribution is 7.89. The number of piperidine rings is 1.